The Hall–Kier alpha value is -1.85. The van der Waals surface area contributed by atoms with Crippen molar-refractivity contribution in [2.75, 3.05) is 13.7 Å². The van der Waals surface area contributed by atoms with Gasteiger partial charge in [0.25, 0.3) is 0 Å². The van der Waals surface area contributed by atoms with E-state index in [2.05, 4.69) is 16.0 Å². The maximum Gasteiger partial charge on any atom is 0.136 e. The second kappa shape index (κ2) is 5.42. The Labute approximate surface area is 112 Å². The molecular formula is C14H19N3O2. The van der Waals surface area contributed by atoms with Crippen LogP contribution in [0.5, 0.6) is 5.75 Å². The van der Waals surface area contributed by atoms with E-state index in [9.17, 15) is 5.11 Å². The van der Waals surface area contributed by atoms with Gasteiger partial charge in [-0.3, -0.25) is 0 Å². The molecule has 19 heavy (non-hydrogen) atoms. The quantitative estimate of drug-likeness (QED) is 0.782. The molecule has 0 bridgehead atoms. The van der Waals surface area contributed by atoms with Crippen molar-refractivity contribution in [3.05, 3.63) is 35.3 Å². The van der Waals surface area contributed by atoms with Crippen LogP contribution >= 0.6 is 0 Å². The monoisotopic (exact) mass is 261 g/mol. The number of aliphatic hydroxyl groups excluding tert-OH is 1. The summed E-state index contributed by atoms with van der Waals surface area (Å²) in [6.45, 7) is 4.17. The number of aliphatic hydroxyl groups is 1. The number of nitrogens with one attached hydrogen (secondary N) is 1. The molecule has 0 aliphatic heterocycles. The molecule has 102 valence electrons. The molecule has 0 amide bonds. The minimum atomic E-state index is -0.773. The van der Waals surface area contributed by atoms with E-state index in [-0.39, 0.29) is 6.54 Å². The second-order valence-electron chi connectivity index (χ2n) is 4.60. The Morgan fingerprint density at radius 1 is 1.42 bits per heavy atom. The molecule has 0 saturated heterocycles. The number of imidazole rings is 1. The van der Waals surface area contributed by atoms with Crippen LogP contribution in [0.1, 0.15) is 23.1 Å². The van der Waals surface area contributed by atoms with Gasteiger partial charge in [-0.2, -0.15) is 0 Å². The molecule has 2 aromatic rings. The fraction of sp³-hybridized carbons (Fsp3) is 0.357. The van der Waals surface area contributed by atoms with Gasteiger partial charge >= 0.3 is 0 Å². The van der Waals surface area contributed by atoms with Crippen molar-refractivity contribution in [2.45, 2.75) is 20.0 Å². The van der Waals surface area contributed by atoms with Crippen molar-refractivity contribution in [3.63, 3.8) is 0 Å². The fourth-order valence-corrected chi connectivity index (χ4v) is 2.18. The number of rotatable bonds is 4. The number of aryl methyl sites for hydroxylation is 2. The van der Waals surface area contributed by atoms with Crippen LogP contribution in [0.3, 0.4) is 0 Å². The van der Waals surface area contributed by atoms with Crippen LogP contribution in [0.25, 0.3) is 11.3 Å². The van der Waals surface area contributed by atoms with Crippen LogP contribution in [0, 0.1) is 13.8 Å². The van der Waals surface area contributed by atoms with Gasteiger partial charge in [-0.15, -0.1) is 0 Å². The summed E-state index contributed by atoms with van der Waals surface area (Å²) in [6, 6.07) is 4.09. The van der Waals surface area contributed by atoms with Crippen molar-refractivity contribution >= 4 is 0 Å². The summed E-state index contributed by atoms with van der Waals surface area (Å²) in [5, 5.41) is 9.68. The smallest absolute Gasteiger partial charge is 0.136 e. The number of aromatic nitrogens is 2. The number of H-pyrrole nitrogens is 1. The normalized spacial score (nSPS) is 12.5. The van der Waals surface area contributed by atoms with Gasteiger partial charge < -0.3 is 20.6 Å². The number of methoxy groups -OCH3 is 1. The summed E-state index contributed by atoms with van der Waals surface area (Å²) in [5.41, 5.74) is 9.37. The lowest BCUT2D eigenvalue weighted by molar-refractivity contribution is 0.177. The number of benzene rings is 1. The van der Waals surface area contributed by atoms with Crippen LogP contribution in [0.15, 0.2) is 18.3 Å². The van der Waals surface area contributed by atoms with Gasteiger partial charge in [0.2, 0.25) is 0 Å². The lowest BCUT2D eigenvalue weighted by Crippen LogP contribution is -2.12. The first-order chi connectivity index (χ1) is 9.06. The third kappa shape index (κ3) is 2.62. The molecule has 2 rings (SSSR count). The highest BCUT2D eigenvalue weighted by Crippen LogP contribution is 2.33. The molecule has 5 heteroatoms. The van der Waals surface area contributed by atoms with E-state index in [1.807, 2.05) is 19.9 Å². The minimum absolute atomic E-state index is 0.136. The van der Waals surface area contributed by atoms with Gasteiger partial charge in [0.1, 0.15) is 17.7 Å². The zero-order valence-electron chi connectivity index (χ0n) is 11.4. The van der Waals surface area contributed by atoms with E-state index in [4.69, 9.17) is 10.5 Å². The lowest BCUT2D eigenvalue weighted by Gasteiger charge is -2.11. The Morgan fingerprint density at radius 2 is 2.16 bits per heavy atom. The number of hydrogen-bond acceptors (Lipinski definition) is 4. The van der Waals surface area contributed by atoms with Crippen molar-refractivity contribution in [2.24, 2.45) is 5.73 Å². The summed E-state index contributed by atoms with van der Waals surface area (Å²) in [4.78, 5) is 7.25. The number of nitrogens with two attached hydrogens (primary N) is 1. The summed E-state index contributed by atoms with van der Waals surface area (Å²) >= 11 is 0. The van der Waals surface area contributed by atoms with Crippen molar-refractivity contribution in [3.8, 4) is 17.0 Å². The highest BCUT2D eigenvalue weighted by molar-refractivity contribution is 5.70. The molecule has 1 aromatic carbocycles. The van der Waals surface area contributed by atoms with E-state index < -0.39 is 6.10 Å². The maximum atomic E-state index is 9.68. The predicted octanol–water partition coefficient (Wildman–Crippen LogP) is 1.69. The Kier molecular flexibility index (Phi) is 3.87. The molecule has 5 nitrogen and oxygen atoms in total. The Bertz CT molecular complexity index is 578. The molecule has 0 radical (unpaired) electrons. The average molecular weight is 261 g/mol. The molecule has 1 aromatic heterocycles. The standard InChI is InChI=1S/C14H19N3O2/c1-8-4-9(2)13(19-3)10(5-8)11-7-16-14(17-11)12(18)6-15/h4-5,7,12,18H,6,15H2,1-3H3,(H,16,17). The van der Waals surface area contributed by atoms with Gasteiger partial charge in [-0.05, 0) is 31.0 Å². The molecule has 1 heterocycles. The Balaban J connectivity index is 2.49. The van der Waals surface area contributed by atoms with Crippen LogP contribution in [0.4, 0.5) is 0 Å². The number of nitrogens with zero attached hydrogens (tertiary/aromatic N) is 1. The molecule has 0 spiro atoms. The van der Waals surface area contributed by atoms with E-state index in [0.717, 1.165) is 28.1 Å². The van der Waals surface area contributed by atoms with Crippen molar-refractivity contribution < 1.29 is 9.84 Å². The first-order valence-electron chi connectivity index (χ1n) is 6.15. The summed E-state index contributed by atoms with van der Waals surface area (Å²) in [6.07, 6.45) is 0.913. The van der Waals surface area contributed by atoms with Crippen LogP contribution in [-0.4, -0.2) is 28.7 Å². The van der Waals surface area contributed by atoms with Crippen LogP contribution in [0.2, 0.25) is 0 Å². The summed E-state index contributed by atoms with van der Waals surface area (Å²) < 4.78 is 5.45. The van der Waals surface area contributed by atoms with Crippen molar-refractivity contribution in [1.82, 2.24) is 9.97 Å². The SMILES string of the molecule is COc1c(C)cc(C)cc1-c1cnc(C(O)CN)[nH]1. The fourth-order valence-electron chi connectivity index (χ4n) is 2.18. The molecular weight excluding hydrogens is 242 g/mol. The summed E-state index contributed by atoms with van der Waals surface area (Å²) in [5.74, 6) is 1.28. The molecule has 0 fully saturated rings. The van der Waals surface area contributed by atoms with Gasteiger partial charge in [-0.1, -0.05) is 6.07 Å². The summed E-state index contributed by atoms with van der Waals surface area (Å²) in [7, 11) is 1.65. The third-order valence-corrected chi connectivity index (χ3v) is 3.05. The maximum absolute atomic E-state index is 9.68. The Morgan fingerprint density at radius 3 is 2.79 bits per heavy atom. The number of ether oxygens (including phenoxy) is 1. The molecule has 4 N–H and O–H groups in total. The molecule has 0 aliphatic rings. The van der Waals surface area contributed by atoms with E-state index >= 15 is 0 Å². The molecule has 1 atom stereocenters. The largest absolute Gasteiger partial charge is 0.496 e. The van der Waals surface area contributed by atoms with E-state index in [1.165, 1.54) is 0 Å². The zero-order chi connectivity index (χ0) is 14.0. The first kappa shape index (κ1) is 13.6. The number of aromatic amines is 1. The zero-order valence-corrected chi connectivity index (χ0v) is 11.4. The highest BCUT2D eigenvalue weighted by atomic mass is 16.5. The molecule has 0 saturated carbocycles. The molecule has 1 unspecified atom stereocenters. The molecule has 0 aliphatic carbocycles. The van der Waals surface area contributed by atoms with Gasteiger partial charge in [-0.25, -0.2) is 4.98 Å². The van der Waals surface area contributed by atoms with Gasteiger partial charge in [0, 0.05) is 12.1 Å². The number of hydrogen-bond donors (Lipinski definition) is 3. The lowest BCUT2D eigenvalue weighted by atomic mass is 10.0. The van der Waals surface area contributed by atoms with E-state index in [0.29, 0.717) is 5.82 Å². The third-order valence-electron chi connectivity index (χ3n) is 3.05. The topological polar surface area (TPSA) is 84.2 Å². The van der Waals surface area contributed by atoms with Crippen LogP contribution in [-0.2, 0) is 0 Å². The predicted molar refractivity (Wildman–Crippen MR) is 74.1 cm³/mol. The van der Waals surface area contributed by atoms with Gasteiger partial charge in [0.15, 0.2) is 0 Å². The van der Waals surface area contributed by atoms with Crippen LogP contribution < -0.4 is 10.5 Å². The van der Waals surface area contributed by atoms with Gasteiger partial charge in [0.05, 0.1) is 19.0 Å². The first-order valence-corrected chi connectivity index (χ1v) is 6.15. The minimum Gasteiger partial charge on any atom is -0.496 e. The average Bonchev–Trinajstić information content (AvgIpc) is 2.86. The highest BCUT2D eigenvalue weighted by Gasteiger charge is 2.14. The second-order valence-corrected chi connectivity index (χ2v) is 4.60. The van der Waals surface area contributed by atoms with Crippen molar-refractivity contribution in [1.29, 1.82) is 0 Å². The van der Waals surface area contributed by atoms with E-state index in [1.54, 1.807) is 13.3 Å².